The molecule has 5 nitrogen and oxygen atoms in total. The van der Waals surface area contributed by atoms with E-state index in [2.05, 4.69) is 9.97 Å². The molecule has 0 aliphatic rings. The van der Waals surface area contributed by atoms with Gasteiger partial charge in [-0.2, -0.15) is 0 Å². The van der Waals surface area contributed by atoms with Crippen LogP contribution in [0.3, 0.4) is 0 Å². The zero-order valence-electron chi connectivity index (χ0n) is 7.50. The van der Waals surface area contributed by atoms with Crippen molar-refractivity contribution in [3.63, 3.8) is 0 Å². The smallest absolute Gasteiger partial charge is 0.323 e. The van der Waals surface area contributed by atoms with Gasteiger partial charge in [0.25, 0.3) is 0 Å². The molecule has 1 aromatic carbocycles. The molecule has 0 saturated heterocycles. The minimum atomic E-state index is -0.320. The van der Waals surface area contributed by atoms with Gasteiger partial charge in [0.15, 0.2) is 0 Å². The summed E-state index contributed by atoms with van der Waals surface area (Å²) >= 11 is 0. The minimum absolute atomic E-state index is 0.0686. The van der Waals surface area contributed by atoms with Gasteiger partial charge in [-0.05, 0) is 24.6 Å². The summed E-state index contributed by atoms with van der Waals surface area (Å²) in [5, 5.41) is 9.46. The van der Waals surface area contributed by atoms with Crippen LogP contribution in [0, 0.1) is 0 Å². The van der Waals surface area contributed by atoms with Crippen LogP contribution in [-0.4, -0.2) is 21.6 Å². The predicted molar refractivity (Wildman–Crippen MR) is 53.3 cm³/mol. The molecule has 0 bridgehead atoms. The molecule has 14 heavy (non-hydrogen) atoms. The number of fused-ring (bicyclic) bond motifs is 1. The number of hydrogen-bond acceptors (Lipinski definition) is 3. The van der Waals surface area contributed by atoms with Crippen LogP contribution in [0.4, 0.5) is 0 Å². The lowest BCUT2D eigenvalue weighted by Gasteiger charge is -2.01. The summed E-state index contributed by atoms with van der Waals surface area (Å²) in [4.78, 5) is 16.2. The van der Waals surface area contributed by atoms with E-state index in [1.807, 2.05) is 0 Å². The maximum Gasteiger partial charge on any atom is 0.323 e. The van der Waals surface area contributed by atoms with Crippen LogP contribution in [0.25, 0.3) is 11.0 Å². The summed E-state index contributed by atoms with van der Waals surface area (Å²) in [6.07, 6.45) is 0.671. The molecule has 0 fully saturated rings. The molecule has 0 unspecified atom stereocenters. The van der Waals surface area contributed by atoms with Gasteiger partial charge in [-0.15, -0.1) is 0 Å². The number of rotatable bonds is 2. The molecule has 0 aliphatic carbocycles. The first kappa shape index (κ1) is 8.83. The van der Waals surface area contributed by atoms with E-state index in [9.17, 15) is 9.90 Å². The molecule has 2 rings (SSSR count). The van der Waals surface area contributed by atoms with Crippen LogP contribution < -0.4 is 11.4 Å². The fraction of sp³-hybridized carbons (Fsp3) is 0.222. The maximum absolute atomic E-state index is 11.0. The Labute approximate surface area is 79.6 Å². The molecule has 0 saturated carbocycles. The molecule has 0 spiro atoms. The summed E-state index contributed by atoms with van der Waals surface area (Å²) in [7, 11) is 0. The van der Waals surface area contributed by atoms with Crippen molar-refractivity contribution in [1.29, 1.82) is 0 Å². The summed E-state index contributed by atoms with van der Waals surface area (Å²) in [6, 6.07) is 3.31. The number of imidazole rings is 1. The van der Waals surface area contributed by atoms with Crippen molar-refractivity contribution in [3.05, 3.63) is 28.2 Å². The van der Waals surface area contributed by atoms with Gasteiger partial charge >= 0.3 is 5.69 Å². The number of nitrogens with two attached hydrogens (primary N) is 1. The number of aromatic hydroxyl groups is 1. The van der Waals surface area contributed by atoms with Crippen molar-refractivity contribution in [2.75, 3.05) is 6.54 Å². The zero-order chi connectivity index (χ0) is 10.1. The lowest BCUT2D eigenvalue weighted by atomic mass is 10.1. The van der Waals surface area contributed by atoms with Crippen molar-refractivity contribution in [2.45, 2.75) is 6.42 Å². The summed E-state index contributed by atoms with van der Waals surface area (Å²) in [5.41, 5.74) is 7.13. The average molecular weight is 193 g/mol. The van der Waals surface area contributed by atoms with Gasteiger partial charge in [0.05, 0.1) is 5.52 Å². The molecule has 0 atom stereocenters. The Bertz CT molecular complexity index is 512. The van der Waals surface area contributed by atoms with Crippen LogP contribution in [0.1, 0.15) is 5.56 Å². The van der Waals surface area contributed by atoms with Gasteiger partial charge < -0.3 is 20.8 Å². The Morgan fingerprint density at radius 2 is 2.00 bits per heavy atom. The van der Waals surface area contributed by atoms with Crippen molar-refractivity contribution in [1.82, 2.24) is 9.97 Å². The molecule has 1 aromatic heterocycles. The standard InChI is InChI=1S/C9H11N3O2/c10-4-3-5-1-2-6(13)8-7(5)11-9(14)12-8/h1-2,13H,3-4,10H2,(H2,11,12,14). The number of hydrogen-bond donors (Lipinski definition) is 4. The number of phenolic OH excluding ortho intramolecular Hbond substituents is 1. The van der Waals surface area contributed by atoms with Gasteiger partial charge in [0.2, 0.25) is 0 Å². The minimum Gasteiger partial charge on any atom is -0.506 e. The summed E-state index contributed by atoms with van der Waals surface area (Å²) in [5.74, 6) is 0.0686. The van der Waals surface area contributed by atoms with Gasteiger partial charge in [-0.25, -0.2) is 4.79 Å². The Morgan fingerprint density at radius 1 is 1.29 bits per heavy atom. The van der Waals surface area contributed by atoms with Crippen molar-refractivity contribution >= 4 is 11.0 Å². The highest BCUT2D eigenvalue weighted by Crippen LogP contribution is 2.23. The Balaban J connectivity index is 2.74. The van der Waals surface area contributed by atoms with Crippen molar-refractivity contribution in [2.24, 2.45) is 5.73 Å². The molecular formula is C9H11N3O2. The molecule has 74 valence electrons. The van der Waals surface area contributed by atoms with Crippen molar-refractivity contribution < 1.29 is 5.11 Å². The van der Waals surface area contributed by atoms with Crippen LogP contribution >= 0.6 is 0 Å². The quantitative estimate of drug-likeness (QED) is 0.543. The molecule has 0 aliphatic heterocycles. The first-order chi connectivity index (χ1) is 6.72. The van der Waals surface area contributed by atoms with E-state index >= 15 is 0 Å². The highest BCUT2D eigenvalue weighted by atomic mass is 16.3. The SMILES string of the molecule is NCCc1ccc(O)c2[nH]c(=O)[nH]c12. The number of aromatic nitrogens is 2. The second-order valence-corrected chi connectivity index (χ2v) is 3.11. The Kier molecular flexibility index (Phi) is 2.01. The van der Waals surface area contributed by atoms with Crippen LogP contribution in [0.2, 0.25) is 0 Å². The molecule has 2 aromatic rings. The van der Waals surface area contributed by atoms with E-state index in [0.29, 0.717) is 24.0 Å². The second kappa shape index (κ2) is 3.19. The Morgan fingerprint density at radius 3 is 2.71 bits per heavy atom. The van der Waals surface area contributed by atoms with Gasteiger partial charge in [-0.1, -0.05) is 6.07 Å². The monoisotopic (exact) mass is 193 g/mol. The summed E-state index contributed by atoms with van der Waals surface area (Å²) < 4.78 is 0. The molecule has 1 heterocycles. The van der Waals surface area contributed by atoms with Crippen molar-refractivity contribution in [3.8, 4) is 5.75 Å². The number of phenols is 1. The van der Waals surface area contributed by atoms with E-state index < -0.39 is 0 Å². The lowest BCUT2D eigenvalue weighted by molar-refractivity contribution is 0.480. The summed E-state index contributed by atoms with van der Waals surface area (Å²) in [6.45, 7) is 0.507. The third-order valence-electron chi connectivity index (χ3n) is 2.16. The molecule has 5 heteroatoms. The number of nitrogens with one attached hydrogen (secondary N) is 2. The second-order valence-electron chi connectivity index (χ2n) is 3.11. The highest BCUT2D eigenvalue weighted by molar-refractivity contribution is 5.83. The van der Waals surface area contributed by atoms with E-state index in [0.717, 1.165) is 5.56 Å². The molecule has 0 radical (unpaired) electrons. The van der Waals surface area contributed by atoms with Gasteiger partial charge in [-0.3, -0.25) is 0 Å². The fourth-order valence-electron chi connectivity index (χ4n) is 1.53. The third-order valence-corrected chi connectivity index (χ3v) is 2.16. The van der Waals surface area contributed by atoms with E-state index in [1.165, 1.54) is 0 Å². The number of benzene rings is 1. The van der Waals surface area contributed by atoms with E-state index in [4.69, 9.17) is 5.73 Å². The topological polar surface area (TPSA) is 94.9 Å². The normalized spacial score (nSPS) is 10.9. The maximum atomic E-state index is 11.0. The third kappa shape index (κ3) is 1.27. The molecule has 5 N–H and O–H groups in total. The lowest BCUT2D eigenvalue weighted by Crippen LogP contribution is -2.03. The van der Waals surface area contributed by atoms with Gasteiger partial charge in [0, 0.05) is 0 Å². The van der Waals surface area contributed by atoms with Gasteiger partial charge in [0.1, 0.15) is 11.3 Å². The van der Waals surface area contributed by atoms with Crippen LogP contribution in [0.15, 0.2) is 16.9 Å². The van der Waals surface area contributed by atoms with E-state index in [1.54, 1.807) is 12.1 Å². The number of H-pyrrole nitrogens is 2. The van der Waals surface area contributed by atoms with E-state index in [-0.39, 0.29) is 11.4 Å². The largest absolute Gasteiger partial charge is 0.506 e. The zero-order valence-corrected chi connectivity index (χ0v) is 7.50. The predicted octanol–water partition coefficient (Wildman–Crippen LogP) is 0.0630. The highest BCUT2D eigenvalue weighted by Gasteiger charge is 2.07. The fourth-order valence-corrected chi connectivity index (χ4v) is 1.53. The number of aromatic amines is 2. The molecule has 0 amide bonds. The first-order valence-electron chi connectivity index (χ1n) is 4.35. The first-order valence-corrected chi connectivity index (χ1v) is 4.35. The Hall–Kier alpha value is -1.75. The van der Waals surface area contributed by atoms with Crippen LogP contribution in [0.5, 0.6) is 5.75 Å². The van der Waals surface area contributed by atoms with Crippen LogP contribution in [-0.2, 0) is 6.42 Å². The molecular weight excluding hydrogens is 182 g/mol. The average Bonchev–Trinajstić information content (AvgIpc) is 2.53.